The first kappa shape index (κ1) is 21.5. The first-order chi connectivity index (χ1) is 16.7. The molecule has 0 spiro atoms. The van der Waals surface area contributed by atoms with Gasteiger partial charge in [-0.25, -0.2) is 4.98 Å². The number of anilines is 2. The molecule has 5 aromatic rings. The number of benzene rings is 2. The fourth-order valence-electron chi connectivity index (χ4n) is 3.42. The monoisotopic (exact) mass is 468 g/mol. The van der Waals surface area contributed by atoms with Crippen molar-refractivity contribution in [1.29, 1.82) is 0 Å². The standard InChI is InChI=1S/C26H20N4O3S/c31-25(28-18-10-12-19(13-11-18)29-26(32)22-7-5-15-33-22)21-6-1-2-8-23(21)34-17-20-16-30-14-4-3-9-24(30)27-20/h1-16H,17H2,(H,28,31)(H,29,32). The van der Waals surface area contributed by atoms with E-state index >= 15 is 0 Å². The van der Waals surface area contributed by atoms with E-state index in [4.69, 9.17) is 4.42 Å². The molecule has 2 aromatic carbocycles. The molecule has 2 N–H and O–H groups in total. The number of carbonyl (C=O) groups is 2. The topological polar surface area (TPSA) is 88.6 Å². The number of pyridine rings is 1. The van der Waals surface area contributed by atoms with Crippen LogP contribution in [0.5, 0.6) is 0 Å². The van der Waals surface area contributed by atoms with Gasteiger partial charge in [-0.05, 0) is 60.7 Å². The summed E-state index contributed by atoms with van der Waals surface area (Å²) in [6.07, 6.45) is 5.41. The Bertz CT molecular complexity index is 1410. The van der Waals surface area contributed by atoms with Gasteiger partial charge in [0.2, 0.25) is 0 Å². The summed E-state index contributed by atoms with van der Waals surface area (Å²) < 4.78 is 7.07. The van der Waals surface area contributed by atoms with Crippen LogP contribution < -0.4 is 10.6 Å². The Labute approximate surface area is 199 Å². The van der Waals surface area contributed by atoms with Crippen LogP contribution in [0.1, 0.15) is 26.6 Å². The van der Waals surface area contributed by atoms with Gasteiger partial charge in [-0.3, -0.25) is 9.59 Å². The molecule has 0 saturated heterocycles. The molecule has 5 rings (SSSR count). The quantitative estimate of drug-likeness (QED) is 0.298. The molecule has 168 valence electrons. The lowest BCUT2D eigenvalue weighted by atomic mass is 10.2. The molecule has 0 bridgehead atoms. The largest absolute Gasteiger partial charge is 0.459 e. The van der Waals surface area contributed by atoms with E-state index in [-0.39, 0.29) is 17.6 Å². The first-order valence-electron chi connectivity index (χ1n) is 10.6. The van der Waals surface area contributed by atoms with Crippen molar-refractivity contribution in [3.05, 3.63) is 115 Å². The average molecular weight is 469 g/mol. The molecule has 0 saturated carbocycles. The van der Waals surface area contributed by atoms with Crippen molar-refractivity contribution in [3.8, 4) is 0 Å². The second kappa shape index (κ2) is 9.68. The lowest BCUT2D eigenvalue weighted by Gasteiger charge is -2.10. The number of thioether (sulfide) groups is 1. The zero-order chi connectivity index (χ0) is 23.3. The SMILES string of the molecule is O=C(Nc1ccc(NC(=O)c2ccccc2SCc2cn3ccccc3n2)cc1)c1ccco1. The second-order valence-electron chi connectivity index (χ2n) is 7.45. The number of carbonyl (C=O) groups excluding carboxylic acids is 2. The Morgan fingerprint density at radius 1 is 0.853 bits per heavy atom. The van der Waals surface area contributed by atoms with Crippen LogP contribution in [0.3, 0.4) is 0 Å². The molecule has 0 radical (unpaired) electrons. The van der Waals surface area contributed by atoms with E-state index in [9.17, 15) is 9.59 Å². The summed E-state index contributed by atoms with van der Waals surface area (Å²) in [5.41, 5.74) is 3.65. The normalized spacial score (nSPS) is 10.8. The van der Waals surface area contributed by atoms with Gasteiger partial charge in [0.25, 0.3) is 11.8 Å². The molecule has 8 heteroatoms. The van der Waals surface area contributed by atoms with Gasteiger partial charge in [0.1, 0.15) is 5.65 Å². The van der Waals surface area contributed by atoms with E-state index in [1.165, 1.54) is 6.26 Å². The average Bonchev–Trinajstić information content (AvgIpc) is 3.54. The summed E-state index contributed by atoms with van der Waals surface area (Å²) in [5, 5.41) is 5.67. The van der Waals surface area contributed by atoms with E-state index in [0.29, 0.717) is 22.7 Å². The minimum atomic E-state index is -0.335. The summed E-state index contributed by atoms with van der Waals surface area (Å²) in [4.78, 5) is 30.6. The van der Waals surface area contributed by atoms with E-state index in [1.807, 2.05) is 53.2 Å². The maximum Gasteiger partial charge on any atom is 0.291 e. The van der Waals surface area contributed by atoms with Crippen LogP contribution >= 0.6 is 11.8 Å². The number of nitrogens with zero attached hydrogens (tertiary/aromatic N) is 2. The van der Waals surface area contributed by atoms with Crippen molar-refractivity contribution >= 4 is 40.6 Å². The highest BCUT2D eigenvalue weighted by Gasteiger charge is 2.13. The molecular formula is C26H20N4O3S. The van der Waals surface area contributed by atoms with Crippen LogP contribution in [0, 0.1) is 0 Å². The number of aromatic nitrogens is 2. The van der Waals surface area contributed by atoms with Gasteiger partial charge in [-0.15, -0.1) is 11.8 Å². The minimum Gasteiger partial charge on any atom is -0.459 e. The number of nitrogens with one attached hydrogen (secondary N) is 2. The Morgan fingerprint density at radius 3 is 2.32 bits per heavy atom. The molecule has 3 aromatic heterocycles. The van der Waals surface area contributed by atoms with Gasteiger partial charge in [-0.1, -0.05) is 18.2 Å². The van der Waals surface area contributed by atoms with Gasteiger partial charge < -0.3 is 19.5 Å². The fraction of sp³-hybridized carbons (Fsp3) is 0.0385. The molecule has 0 fully saturated rings. The minimum absolute atomic E-state index is 0.203. The Hall–Kier alpha value is -4.30. The molecule has 7 nitrogen and oxygen atoms in total. The zero-order valence-corrected chi connectivity index (χ0v) is 18.8. The van der Waals surface area contributed by atoms with Gasteiger partial charge in [0, 0.05) is 34.4 Å². The third-order valence-corrected chi connectivity index (χ3v) is 6.17. The van der Waals surface area contributed by atoms with Crippen LogP contribution in [-0.4, -0.2) is 21.2 Å². The number of fused-ring (bicyclic) bond motifs is 1. The maximum absolute atomic E-state index is 13.0. The predicted molar refractivity (Wildman–Crippen MR) is 132 cm³/mol. The fourth-order valence-corrected chi connectivity index (χ4v) is 4.36. The molecule has 0 aliphatic rings. The zero-order valence-electron chi connectivity index (χ0n) is 18.0. The maximum atomic E-state index is 13.0. The lowest BCUT2D eigenvalue weighted by Crippen LogP contribution is -2.13. The Kier molecular flexibility index (Phi) is 6.13. The van der Waals surface area contributed by atoms with Crippen molar-refractivity contribution in [3.63, 3.8) is 0 Å². The van der Waals surface area contributed by atoms with Crippen molar-refractivity contribution in [2.45, 2.75) is 10.6 Å². The molecule has 0 aliphatic heterocycles. The molecule has 0 atom stereocenters. The Morgan fingerprint density at radius 2 is 1.59 bits per heavy atom. The third-order valence-electron chi connectivity index (χ3n) is 5.07. The highest BCUT2D eigenvalue weighted by Crippen LogP contribution is 2.27. The van der Waals surface area contributed by atoms with E-state index in [2.05, 4.69) is 15.6 Å². The predicted octanol–water partition coefficient (Wildman–Crippen LogP) is 5.72. The smallest absolute Gasteiger partial charge is 0.291 e. The summed E-state index contributed by atoms with van der Waals surface area (Å²) in [7, 11) is 0. The van der Waals surface area contributed by atoms with E-state index in [0.717, 1.165) is 16.2 Å². The highest BCUT2D eigenvalue weighted by molar-refractivity contribution is 7.98. The van der Waals surface area contributed by atoms with Gasteiger partial charge in [0.05, 0.1) is 17.5 Å². The van der Waals surface area contributed by atoms with Crippen LogP contribution in [0.15, 0.2) is 107 Å². The van der Waals surface area contributed by atoms with Crippen molar-refractivity contribution in [2.75, 3.05) is 10.6 Å². The molecule has 0 aliphatic carbocycles. The number of hydrogen-bond donors (Lipinski definition) is 2. The molecular weight excluding hydrogens is 448 g/mol. The van der Waals surface area contributed by atoms with Crippen LogP contribution in [0.4, 0.5) is 11.4 Å². The summed E-state index contributed by atoms with van der Waals surface area (Å²) >= 11 is 1.57. The number of furan rings is 1. The number of rotatable bonds is 7. The molecule has 34 heavy (non-hydrogen) atoms. The second-order valence-corrected chi connectivity index (χ2v) is 8.46. The van der Waals surface area contributed by atoms with Gasteiger partial charge in [0.15, 0.2) is 5.76 Å². The third kappa shape index (κ3) is 4.87. The number of imidazole rings is 1. The lowest BCUT2D eigenvalue weighted by molar-refractivity contribution is 0.0994. The Balaban J connectivity index is 1.23. The van der Waals surface area contributed by atoms with Crippen LogP contribution in [0.2, 0.25) is 0 Å². The van der Waals surface area contributed by atoms with E-state index in [1.54, 1.807) is 54.2 Å². The van der Waals surface area contributed by atoms with E-state index < -0.39 is 0 Å². The van der Waals surface area contributed by atoms with Crippen LogP contribution in [-0.2, 0) is 5.75 Å². The molecule has 0 unspecified atom stereocenters. The van der Waals surface area contributed by atoms with Crippen molar-refractivity contribution < 1.29 is 14.0 Å². The van der Waals surface area contributed by atoms with Gasteiger partial charge >= 0.3 is 0 Å². The summed E-state index contributed by atoms with van der Waals surface area (Å²) in [6, 6.07) is 23.5. The van der Waals surface area contributed by atoms with Crippen LogP contribution in [0.25, 0.3) is 5.65 Å². The summed E-state index contributed by atoms with van der Waals surface area (Å²) in [6.45, 7) is 0. The van der Waals surface area contributed by atoms with Crippen molar-refractivity contribution in [1.82, 2.24) is 9.38 Å². The molecule has 3 heterocycles. The highest BCUT2D eigenvalue weighted by atomic mass is 32.2. The molecule has 2 amide bonds. The van der Waals surface area contributed by atoms with Gasteiger partial charge in [-0.2, -0.15) is 0 Å². The first-order valence-corrected chi connectivity index (χ1v) is 11.5. The summed E-state index contributed by atoms with van der Waals surface area (Å²) in [5.74, 6) is 0.342. The number of hydrogen-bond acceptors (Lipinski definition) is 5. The number of amides is 2. The van der Waals surface area contributed by atoms with Crippen molar-refractivity contribution in [2.24, 2.45) is 0 Å².